The fourth-order valence-corrected chi connectivity index (χ4v) is 2.15. The van der Waals surface area contributed by atoms with Crippen LogP contribution in [0.15, 0.2) is 18.2 Å². The van der Waals surface area contributed by atoms with Crippen molar-refractivity contribution in [3.63, 3.8) is 0 Å². The normalized spacial score (nSPS) is 18.2. The number of hydrogen-bond donors (Lipinski definition) is 2. The molecular formula is C13H15Cl2NO2. The zero-order valence-corrected chi connectivity index (χ0v) is 11.6. The van der Waals surface area contributed by atoms with Crippen molar-refractivity contribution >= 4 is 29.1 Å². The van der Waals surface area contributed by atoms with Gasteiger partial charge in [-0.25, -0.2) is 0 Å². The van der Waals surface area contributed by atoms with Crippen LogP contribution >= 0.6 is 23.2 Å². The maximum absolute atomic E-state index is 11.9. The number of aliphatic hydroxyl groups is 1. The van der Waals surface area contributed by atoms with Crippen molar-refractivity contribution in [3.05, 3.63) is 33.8 Å². The molecular weight excluding hydrogens is 273 g/mol. The lowest BCUT2D eigenvalue weighted by atomic mass is 10.0. The highest BCUT2D eigenvalue weighted by molar-refractivity contribution is 6.42. The second kappa shape index (κ2) is 5.08. The Hall–Kier alpha value is -0.770. The van der Waals surface area contributed by atoms with E-state index in [1.54, 1.807) is 19.1 Å². The number of benzene rings is 1. The van der Waals surface area contributed by atoms with Crippen LogP contribution in [0.1, 0.15) is 30.1 Å². The Morgan fingerprint density at radius 2 is 2.11 bits per heavy atom. The maximum atomic E-state index is 11.9. The number of amides is 1. The van der Waals surface area contributed by atoms with E-state index in [4.69, 9.17) is 23.2 Å². The summed E-state index contributed by atoms with van der Waals surface area (Å²) in [6, 6.07) is 4.71. The van der Waals surface area contributed by atoms with Gasteiger partial charge < -0.3 is 10.4 Å². The zero-order chi connectivity index (χ0) is 13.3. The van der Waals surface area contributed by atoms with Crippen LogP contribution in [0.3, 0.4) is 0 Å². The fourth-order valence-electron chi connectivity index (χ4n) is 1.85. The summed E-state index contributed by atoms with van der Waals surface area (Å²) in [5, 5.41) is 13.6. The van der Waals surface area contributed by atoms with E-state index in [-0.39, 0.29) is 12.5 Å². The first-order chi connectivity index (χ1) is 8.40. The minimum absolute atomic E-state index is 0.247. The second-order valence-electron chi connectivity index (χ2n) is 4.94. The van der Waals surface area contributed by atoms with E-state index in [1.807, 2.05) is 0 Å². The molecule has 1 amide bonds. The number of hydrogen-bond acceptors (Lipinski definition) is 2. The molecule has 1 fully saturated rings. The van der Waals surface area contributed by atoms with E-state index in [9.17, 15) is 9.90 Å². The zero-order valence-electron chi connectivity index (χ0n) is 10.0. The first kappa shape index (κ1) is 13.7. The Kier molecular flexibility index (Phi) is 3.85. The summed E-state index contributed by atoms with van der Waals surface area (Å²) in [6.07, 6.45) is 2.05. The van der Waals surface area contributed by atoms with Gasteiger partial charge in [0.1, 0.15) is 0 Å². The molecule has 0 spiro atoms. The highest BCUT2D eigenvalue weighted by atomic mass is 35.5. The van der Waals surface area contributed by atoms with E-state index in [2.05, 4.69) is 5.32 Å². The Labute approximate surface area is 116 Å². The SMILES string of the molecule is CC(O)(CNC(=O)c1ccc(Cl)c(Cl)c1)C1CC1. The summed E-state index contributed by atoms with van der Waals surface area (Å²) in [6.45, 7) is 2.00. The van der Waals surface area contributed by atoms with Gasteiger partial charge in [-0.15, -0.1) is 0 Å². The first-order valence-corrected chi connectivity index (χ1v) is 6.61. The molecule has 2 rings (SSSR count). The highest BCUT2D eigenvalue weighted by Gasteiger charge is 2.39. The lowest BCUT2D eigenvalue weighted by molar-refractivity contribution is 0.0354. The van der Waals surface area contributed by atoms with E-state index < -0.39 is 5.60 Å². The summed E-state index contributed by atoms with van der Waals surface area (Å²) in [5.41, 5.74) is -0.387. The predicted molar refractivity (Wildman–Crippen MR) is 72.1 cm³/mol. The molecule has 98 valence electrons. The van der Waals surface area contributed by atoms with Crippen LogP contribution in [0.5, 0.6) is 0 Å². The molecule has 0 aromatic heterocycles. The van der Waals surface area contributed by atoms with Crippen molar-refractivity contribution in [2.24, 2.45) is 5.92 Å². The summed E-state index contributed by atoms with van der Waals surface area (Å²) < 4.78 is 0. The standard InChI is InChI=1S/C13H15Cl2NO2/c1-13(18,9-3-4-9)7-16-12(17)8-2-5-10(14)11(15)6-8/h2,5-6,9,18H,3-4,7H2,1H3,(H,16,17). The lowest BCUT2D eigenvalue weighted by Crippen LogP contribution is -2.42. The van der Waals surface area contributed by atoms with Gasteiger partial charge in [-0.1, -0.05) is 23.2 Å². The van der Waals surface area contributed by atoms with Crippen LogP contribution in [0, 0.1) is 5.92 Å². The van der Waals surface area contributed by atoms with Crippen LogP contribution in [-0.2, 0) is 0 Å². The molecule has 1 unspecified atom stereocenters. The Morgan fingerprint density at radius 1 is 1.44 bits per heavy atom. The fraction of sp³-hybridized carbons (Fsp3) is 0.462. The van der Waals surface area contributed by atoms with Gasteiger partial charge in [0.05, 0.1) is 15.6 Å². The van der Waals surface area contributed by atoms with Crippen LogP contribution in [0.2, 0.25) is 10.0 Å². The van der Waals surface area contributed by atoms with Crippen LogP contribution in [-0.4, -0.2) is 23.2 Å². The van der Waals surface area contributed by atoms with E-state index >= 15 is 0 Å². The highest BCUT2D eigenvalue weighted by Crippen LogP contribution is 2.39. The van der Waals surface area contributed by atoms with Gasteiger partial charge in [0.15, 0.2) is 0 Å². The average molecular weight is 288 g/mol. The molecule has 3 nitrogen and oxygen atoms in total. The van der Waals surface area contributed by atoms with Gasteiger partial charge in [0.2, 0.25) is 0 Å². The smallest absolute Gasteiger partial charge is 0.251 e. The van der Waals surface area contributed by atoms with Gasteiger partial charge in [-0.05, 0) is 43.9 Å². The molecule has 1 aliphatic rings. The largest absolute Gasteiger partial charge is 0.388 e. The predicted octanol–water partition coefficient (Wildman–Crippen LogP) is 2.88. The topological polar surface area (TPSA) is 49.3 Å². The van der Waals surface area contributed by atoms with Gasteiger partial charge in [0, 0.05) is 12.1 Å². The molecule has 5 heteroatoms. The second-order valence-corrected chi connectivity index (χ2v) is 5.76. The van der Waals surface area contributed by atoms with Crippen molar-refractivity contribution in [1.29, 1.82) is 0 Å². The minimum Gasteiger partial charge on any atom is -0.388 e. The van der Waals surface area contributed by atoms with Crippen molar-refractivity contribution < 1.29 is 9.90 Å². The molecule has 18 heavy (non-hydrogen) atoms. The van der Waals surface area contributed by atoms with Crippen molar-refractivity contribution in [2.45, 2.75) is 25.4 Å². The third-order valence-electron chi connectivity index (χ3n) is 3.25. The van der Waals surface area contributed by atoms with Crippen molar-refractivity contribution in [2.75, 3.05) is 6.54 Å². The van der Waals surface area contributed by atoms with Crippen LogP contribution in [0.25, 0.3) is 0 Å². The maximum Gasteiger partial charge on any atom is 0.251 e. The molecule has 0 saturated heterocycles. The number of carbonyl (C=O) groups is 1. The Bertz CT molecular complexity index is 470. The third kappa shape index (κ3) is 3.16. The first-order valence-electron chi connectivity index (χ1n) is 5.86. The Balaban J connectivity index is 1.97. The molecule has 0 radical (unpaired) electrons. The molecule has 1 aromatic rings. The molecule has 0 aliphatic heterocycles. The lowest BCUT2D eigenvalue weighted by Gasteiger charge is -2.23. The quantitative estimate of drug-likeness (QED) is 0.895. The van der Waals surface area contributed by atoms with Gasteiger partial charge in [-0.3, -0.25) is 4.79 Å². The number of halogens is 2. The van der Waals surface area contributed by atoms with Crippen LogP contribution < -0.4 is 5.32 Å². The molecule has 0 heterocycles. The van der Waals surface area contributed by atoms with E-state index in [1.165, 1.54) is 6.07 Å². The van der Waals surface area contributed by atoms with Crippen molar-refractivity contribution in [3.8, 4) is 0 Å². The summed E-state index contributed by atoms with van der Waals surface area (Å²) >= 11 is 11.6. The summed E-state index contributed by atoms with van der Waals surface area (Å²) in [7, 11) is 0. The molecule has 1 aromatic carbocycles. The Morgan fingerprint density at radius 3 is 2.67 bits per heavy atom. The molecule has 1 atom stereocenters. The van der Waals surface area contributed by atoms with E-state index in [0.29, 0.717) is 21.5 Å². The van der Waals surface area contributed by atoms with Gasteiger partial charge in [0.25, 0.3) is 5.91 Å². The third-order valence-corrected chi connectivity index (χ3v) is 3.98. The van der Waals surface area contributed by atoms with Crippen molar-refractivity contribution in [1.82, 2.24) is 5.32 Å². The monoisotopic (exact) mass is 287 g/mol. The van der Waals surface area contributed by atoms with E-state index in [0.717, 1.165) is 12.8 Å². The molecule has 2 N–H and O–H groups in total. The van der Waals surface area contributed by atoms with Gasteiger partial charge in [-0.2, -0.15) is 0 Å². The number of rotatable bonds is 4. The minimum atomic E-state index is -0.827. The molecule has 0 bridgehead atoms. The van der Waals surface area contributed by atoms with Gasteiger partial charge >= 0.3 is 0 Å². The number of carbonyl (C=O) groups excluding carboxylic acids is 1. The molecule has 1 saturated carbocycles. The molecule has 1 aliphatic carbocycles. The summed E-state index contributed by atoms with van der Waals surface area (Å²) in [4.78, 5) is 11.9. The average Bonchev–Trinajstić information content (AvgIpc) is 3.14. The summed E-state index contributed by atoms with van der Waals surface area (Å²) in [5.74, 6) is 0.0427. The van der Waals surface area contributed by atoms with Crippen LogP contribution in [0.4, 0.5) is 0 Å². The number of nitrogens with one attached hydrogen (secondary N) is 1.